The summed E-state index contributed by atoms with van der Waals surface area (Å²) in [6.07, 6.45) is 5.00. The maximum absolute atomic E-state index is 10.6. The third-order valence-electron chi connectivity index (χ3n) is 4.27. The zero-order chi connectivity index (χ0) is 14.8. The second kappa shape index (κ2) is 6.42. The lowest BCUT2D eigenvalue weighted by molar-refractivity contribution is 0.00230. The molecule has 1 aromatic carbocycles. The maximum Gasteiger partial charge on any atom is 0.0819 e. The van der Waals surface area contributed by atoms with Crippen molar-refractivity contribution in [3.63, 3.8) is 0 Å². The molecule has 4 N–H and O–H groups in total. The molecule has 0 saturated heterocycles. The number of aliphatic hydroxyl groups is 1. The number of nitrogens with one attached hydrogen (secondary N) is 1. The van der Waals surface area contributed by atoms with Gasteiger partial charge in [0, 0.05) is 12.2 Å². The number of hydrogen-bond acceptors (Lipinski definition) is 3. The fourth-order valence-electron chi connectivity index (χ4n) is 2.81. The van der Waals surface area contributed by atoms with Gasteiger partial charge < -0.3 is 16.2 Å². The molecule has 1 saturated carbocycles. The molecule has 2 rings (SSSR count). The van der Waals surface area contributed by atoms with Crippen LogP contribution in [0.25, 0.3) is 0 Å². The molecule has 0 radical (unpaired) electrons. The van der Waals surface area contributed by atoms with Crippen LogP contribution in [0.15, 0.2) is 12.1 Å². The van der Waals surface area contributed by atoms with Crippen molar-refractivity contribution in [3.8, 4) is 0 Å². The van der Waals surface area contributed by atoms with Crippen LogP contribution >= 0.6 is 23.2 Å². The van der Waals surface area contributed by atoms with Gasteiger partial charge in [0.25, 0.3) is 0 Å². The summed E-state index contributed by atoms with van der Waals surface area (Å²) in [5, 5.41) is 14.8. The highest BCUT2D eigenvalue weighted by molar-refractivity contribution is 6.39. The van der Waals surface area contributed by atoms with Crippen molar-refractivity contribution < 1.29 is 5.11 Å². The van der Waals surface area contributed by atoms with Gasteiger partial charge in [0.2, 0.25) is 0 Å². The van der Waals surface area contributed by atoms with Crippen LogP contribution in [0.3, 0.4) is 0 Å². The van der Waals surface area contributed by atoms with Crippen LogP contribution in [0.1, 0.15) is 39.0 Å². The summed E-state index contributed by atoms with van der Waals surface area (Å²) in [5.74, 6) is 0.749. The third kappa shape index (κ3) is 3.72. The molecule has 0 spiro atoms. The van der Waals surface area contributed by atoms with Crippen molar-refractivity contribution in [2.45, 2.75) is 44.6 Å². The lowest BCUT2D eigenvalue weighted by Gasteiger charge is -2.36. The van der Waals surface area contributed by atoms with Gasteiger partial charge in [-0.05, 0) is 43.7 Å². The Morgan fingerprint density at radius 2 is 1.85 bits per heavy atom. The van der Waals surface area contributed by atoms with E-state index in [-0.39, 0.29) is 0 Å². The highest BCUT2D eigenvalue weighted by Gasteiger charge is 2.32. The number of hydrogen-bond donors (Lipinski definition) is 3. The van der Waals surface area contributed by atoms with E-state index >= 15 is 0 Å². The summed E-state index contributed by atoms with van der Waals surface area (Å²) in [4.78, 5) is 0. The molecule has 5 heteroatoms. The quantitative estimate of drug-likeness (QED) is 0.725. The van der Waals surface area contributed by atoms with Crippen molar-refractivity contribution >= 4 is 34.6 Å². The fourth-order valence-corrected chi connectivity index (χ4v) is 3.45. The molecule has 0 aromatic heterocycles. The lowest BCUT2D eigenvalue weighted by Crippen LogP contribution is -2.40. The summed E-state index contributed by atoms with van der Waals surface area (Å²) in [7, 11) is 0. The van der Waals surface area contributed by atoms with Crippen molar-refractivity contribution in [2.24, 2.45) is 5.92 Å². The minimum absolute atomic E-state index is 0.465. The molecule has 1 aliphatic carbocycles. The van der Waals surface area contributed by atoms with Gasteiger partial charge in [0.15, 0.2) is 0 Å². The molecule has 112 valence electrons. The Bertz CT molecular complexity index is 448. The van der Waals surface area contributed by atoms with E-state index in [1.54, 1.807) is 12.1 Å². The van der Waals surface area contributed by atoms with Crippen molar-refractivity contribution in [2.75, 3.05) is 17.6 Å². The molecule has 1 aromatic rings. The highest BCUT2D eigenvalue weighted by atomic mass is 35.5. The summed E-state index contributed by atoms with van der Waals surface area (Å²) in [6.45, 7) is 2.67. The molecule has 0 atom stereocenters. The Morgan fingerprint density at radius 3 is 2.35 bits per heavy atom. The second-order valence-corrected chi connectivity index (χ2v) is 6.60. The smallest absolute Gasteiger partial charge is 0.0819 e. The first kappa shape index (κ1) is 15.7. The zero-order valence-electron chi connectivity index (χ0n) is 11.8. The number of benzene rings is 1. The van der Waals surface area contributed by atoms with Crippen molar-refractivity contribution in [1.82, 2.24) is 0 Å². The normalized spacial score (nSPS) is 26.5. The van der Waals surface area contributed by atoms with Crippen molar-refractivity contribution in [3.05, 3.63) is 22.2 Å². The summed E-state index contributed by atoms with van der Waals surface area (Å²) in [6, 6.07) is 3.32. The van der Waals surface area contributed by atoms with Gasteiger partial charge in [-0.15, -0.1) is 0 Å². The number of nitrogen functional groups attached to an aromatic ring is 1. The third-order valence-corrected chi connectivity index (χ3v) is 4.87. The van der Waals surface area contributed by atoms with E-state index in [4.69, 9.17) is 28.9 Å². The van der Waals surface area contributed by atoms with E-state index in [2.05, 4.69) is 12.2 Å². The molecule has 0 amide bonds. The van der Waals surface area contributed by atoms with Gasteiger partial charge >= 0.3 is 0 Å². The SMILES string of the molecule is CCC1CCC(O)(CNc2c(Cl)cc(N)cc2Cl)CC1. The average Bonchev–Trinajstić information content (AvgIpc) is 2.38. The Balaban J connectivity index is 1.99. The predicted molar refractivity (Wildman–Crippen MR) is 86.6 cm³/mol. The molecule has 0 heterocycles. The van der Waals surface area contributed by atoms with E-state index in [9.17, 15) is 5.11 Å². The minimum Gasteiger partial charge on any atom is -0.399 e. The van der Waals surface area contributed by atoms with E-state index in [0.717, 1.165) is 31.6 Å². The van der Waals surface area contributed by atoms with Crippen LogP contribution < -0.4 is 11.1 Å². The number of halogens is 2. The van der Waals surface area contributed by atoms with Crippen LogP contribution in [0, 0.1) is 5.92 Å². The molecule has 1 fully saturated rings. The van der Waals surface area contributed by atoms with Crippen LogP contribution in [0.4, 0.5) is 11.4 Å². The standard InChI is InChI=1S/C15H22Cl2N2O/c1-2-10-3-5-15(20,6-4-10)9-19-14-12(16)7-11(18)8-13(14)17/h7-8,10,19-20H,2-6,9,18H2,1H3. The maximum atomic E-state index is 10.6. The van der Waals surface area contributed by atoms with E-state index in [1.165, 1.54) is 6.42 Å². The fraction of sp³-hybridized carbons (Fsp3) is 0.600. The minimum atomic E-state index is -0.667. The van der Waals surface area contributed by atoms with Crippen LogP contribution in [-0.4, -0.2) is 17.3 Å². The number of rotatable bonds is 4. The molecule has 3 nitrogen and oxygen atoms in total. The van der Waals surface area contributed by atoms with Gasteiger partial charge in [-0.1, -0.05) is 36.5 Å². The summed E-state index contributed by atoms with van der Waals surface area (Å²) >= 11 is 12.3. The monoisotopic (exact) mass is 316 g/mol. The topological polar surface area (TPSA) is 58.3 Å². The Labute approximate surface area is 130 Å². The Hall–Kier alpha value is -0.640. The van der Waals surface area contributed by atoms with Gasteiger partial charge in [-0.25, -0.2) is 0 Å². The first-order valence-corrected chi connectivity index (χ1v) is 7.90. The van der Waals surface area contributed by atoms with Gasteiger partial charge in [0.1, 0.15) is 0 Å². The Kier molecular flexibility index (Phi) is 5.05. The molecule has 0 aliphatic heterocycles. The first-order chi connectivity index (χ1) is 9.43. The molecule has 0 bridgehead atoms. The summed E-state index contributed by atoms with van der Waals surface area (Å²) < 4.78 is 0. The molecular weight excluding hydrogens is 295 g/mol. The van der Waals surface area contributed by atoms with Gasteiger partial charge in [-0.2, -0.15) is 0 Å². The summed E-state index contributed by atoms with van der Waals surface area (Å²) in [5.41, 5.74) is 6.19. The van der Waals surface area contributed by atoms with Gasteiger partial charge in [0.05, 0.1) is 21.3 Å². The molecule has 0 unspecified atom stereocenters. The lowest BCUT2D eigenvalue weighted by atomic mass is 9.78. The number of nitrogens with two attached hydrogens (primary N) is 1. The van der Waals surface area contributed by atoms with Crippen LogP contribution in [0.2, 0.25) is 10.0 Å². The second-order valence-electron chi connectivity index (χ2n) is 5.79. The first-order valence-electron chi connectivity index (χ1n) is 7.14. The van der Waals surface area contributed by atoms with Crippen molar-refractivity contribution in [1.29, 1.82) is 0 Å². The highest BCUT2D eigenvalue weighted by Crippen LogP contribution is 2.36. The van der Waals surface area contributed by atoms with E-state index in [1.807, 2.05) is 0 Å². The van der Waals surface area contributed by atoms with Crippen LogP contribution in [-0.2, 0) is 0 Å². The Morgan fingerprint density at radius 1 is 1.30 bits per heavy atom. The largest absolute Gasteiger partial charge is 0.399 e. The zero-order valence-corrected chi connectivity index (χ0v) is 13.3. The van der Waals surface area contributed by atoms with E-state index < -0.39 is 5.60 Å². The van der Waals surface area contributed by atoms with E-state index in [0.29, 0.717) is 28.0 Å². The molecule has 1 aliphatic rings. The predicted octanol–water partition coefficient (Wildman–Crippen LogP) is 4.32. The number of anilines is 2. The molecule has 20 heavy (non-hydrogen) atoms. The van der Waals surface area contributed by atoms with Gasteiger partial charge in [-0.3, -0.25) is 0 Å². The average molecular weight is 317 g/mol. The van der Waals surface area contributed by atoms with Crippen LogP contribution in [0.5, 0.6) is 0 Å². The molecular formula is C15H22Cl2N2O.